The van der Waals surface area contributed by atoms with Gasteiger partial charge < -0.3 is 10.1 Å². The first-order valence-corrected chi connectivity index (χ1v) is 4.52. The Kier molecular flexibility index (Phi) is 3.28. The third kappa shape index (κ3) is 3.44. The summed E-state index contributed by atoms with van der Waals surface area (Å²) in [5, 5.41) is 2.81. The standard InChI is InChI=1S/C9H15NO3/c1-6(11)10-8-3-4-9(5-8)13-7(2)12/h8-9H,3-5H2,1-2H3,(H,10,11)/t8-,9-/m1/s1. The minimum Gasteiger partial charge on any atom is -0.462 e. The van der Waals surface area contributed by atoms with Crippen molar-refractivity contribution in [1.82, 2.24) is 5.32 Å². The zero-order valence-electron chi connectivity index (χ0n) is 8.00. The van der Waals surface area contributed by atoms with Gasteiger partial charge in [0.2, 0.25) is 5.91 Å². The maximum Gasteiger partial charge on any atom is 0.302 e. The first-order chi connectivity index (χ1) is 6.08. The Balaban J connectivity index is 2.27. The number of ether oxygens (including phenoxy) is 1. The van der Waals surface area contributed by atoms with E-state index in [9.17, 15) is 9.59 Å². The molecule has 0 aromatic rings. The van der Waals surface area contributed by atoms with Gasteiger partial charge in [0.1, 0.15) is 6.10 Å². The molecule has 0 unspecified atom stereocenters. The van der Waals surface area contributed by atoms with Crippen LogP contribution in [0.25, 0.3) is 0 Å². The van der Waals surface area contributed by atoms with Gasteiger partial charge in [-0.05, 0) is 12.8 Å². The van der Waals surface area contributed by atoms with Gasteiger partial charge in [-0.15, -0.1) is 0 Å². The molecule has 13 heavy (non-hydrogen) atoms. The van der Waals surface area contributed by atoms with Crippen LogP contribution >= 0.6 is 0 Å². The summed E-state index contributed by atoms with van der Waals surface area (Å²) in [5.74, 6) is -0.262. The maximum absolute atomic E-state index is 10.7. The monoisotopic (exact) mass is 185 g/mol. The van der Waals surface area contributed by atoms with Crippen molar-refractivity contribution < 1.29 is 14.3 Å². The number of rotatable bonds is 2. The summed E-state index contributed by atoms with van der Waals surface area (Å²) in [6.07, 6.45) is 2.50. The largest absolute Gasteiger partial charge is 0.462 e. The van der Waals surface area contributed by atoms with Crippen LogP contribution in [-0.4, -0.2) is 24.0 Å². The molecule has 0 aliphatic heterocycles. The Morgan fingerprint density at radius 1 is 1.31 bits per heavy atom. The topological polar surface area (TPSA) is 55.4 Å². The SMILES string of the molecule is CC(=O)N[C@@H]1CC[C@@H](OC(C)=O)C1. The van der Waals surface area contributed by atoms with Crippen LogP contribution in [0.4, 0.5) is 0 Å². The molecule has 2 atom stereocenters. The molecule has 0 saturated heterocycles. The van der Waals surface area contributed by atoms with Gasteiger partial charge in [0.25, 0.3) is 0 Å². The molecule has 1 aliphatic carbocycles. The normalized spacial score (nSPS) is 26.9. The molecule has 0 heterocycles. The third-order valence-corrected chi connectivity index (χ3v) is 2.12. The van der Waals surface area contributed by atoms with E-state index in [1.165, 1.54) is 13.8 Å². The van der Waals surface area contributed by atoms with E-state index in [2.05, 4.69) is 5.32 Å². The average molecular weight is 185 g/mol. The van der Waals surface area contributed by atoms with E-state index in [4.69, 9.17) is 4.74 Å². The molecule has 0 aromatic heterocycles. The second kappa shape index (κ2) is 4.25. The molecular formula is C9H15NO3. The van der Waals surface area contributed by atoms with Crippen molar-refractivity contribution in [2.45, 2.75) is 45.3 Å². The molecule has 0 aromatic carbocycles. The third-order valence-electron chi connectivity index (χ3n) is 2.12. The number of amides is 1. The second-order valence-electron chi connectivity index (χ2n) is 3.44. The Labute approximate surface area is 77.6 Å². The van der Waals surface area contributed by atoms with Crippen LogP contribution in [0.5, 0.6) is 0 Å². The molecule has 0 radical (unpaired) electrons. The summed E-state index contributed by atoms with van der Waals surface area (Å²) in [4.78, 5) is 21.3. The Hall–Kier alpha value is -1.06. The molecule has 1 N–H and O–H groups in total. The fourth-order valence-corrected chi connectivity index (χ4v) is 1.70. The van der Waals surface area contributed by atoms with E-state index in [1.807, 2.05) is 0 Å². The predicted molar refractivity (Wildman–Crippen MR) is 47.0 cm³/mol. The highest BCUT2D eigenvalue weighted by Crippen LogP contribution is 2.21. The fourth-order valence-electron chi connectivity index (χ4n) is 1.70. The second-order valence-corrected chi connectivity index (χ2v) is 3.44. The van der Waals surface area contributed by atoms with Gasteiger partial charge in [-0.2, -0.15) is 0 Å². The van der Waals surface area contributed by atoms with Crippen LogP contribution in [0.1, 0.15) is 33.1 Å². The fraction of sp³-hybridized carbons (Fsp3) is 0.778. The zero-order valence-corrected chi connectivity index (χ0v) is 8.00. The van der Waals surface area contributed by atoms with E-state index < -0.39 is 0 Å². The minimum absolute atomic E-state index is 0.00523. The van der Waals surface area contributed by atoms with E-state index in [1.54, 1.807) is 0 Å². The number of carbonyl (C=O) groups is 2. The zero-order chi connectivity index (χ0) is 9.84. The van der Waals surface area contributed by atoms with Crippen molar-refractivity contribution in [2.24, 2.45) is 0 Å². The van der Waals surface area contributed by atoms with Crippen LogP contribution < -0.4 is 5.32 Å². The van der Waals surface area contributed by atoms with Gasteiger partial charge >= 0.3 is 5.97 Å². The van der Waals surface area contributed by atoms with Crippen molar-refractivity contribution in [1.29, 1.82) is 0 Å². The van der Waals surface area contributed by atoms with Gasteiger partial charge in [-0.3, -0.25) is 9.59 Å². The summed E-state index contributed by atoms with van der Waals surface area (Å²) in [7, 11) is 0. The quantitative estimate of drug-likeness (QED) is 0.641. The van der Waals surface area contributed by atoms with Crippen LogP contribution in [-0.2, 0) is 14.3 Å². The number of carbonyl (C=O) groups excluding carboxylic acids is 2. The molecule has 1 saturated carbocycles. The smallest absolute Gasteiger partial charge is 0.302 e. The summed E-state index contributed by atoms with van der Waals surface area (Å²) < 4.78 is 5.03. The lowest BCUT2D eigenvalue weighted by atomic mass is 10.2. The molecule has 1 amide bonds. The molecular weight excluding hydrogens is 170 g/mol. The van der Waals surface area contributed by atoms with Crippen LogP contribution in [0.15, 0.2) is 0 Å². The summed E-state index contributed by atoms with van der Waals surface area (Å²) in [6.45, 7) is 2.91. The van der Waals surface area contributed by atoms with Gasteiger partial charge in [0, 0.05) is 26.3 Å². The number of hydrogen-bond donors (Lipinski definition) is 1. The molecule has 0 bridgehead atoms. The number of hydrogen-bond acceptors (Lipinski definition) is 3. The van der Waals surface area contributed by atoms with E-state index in [0.29, 0.717) is 0 Å². The number of nitrogens with one attached hydrogen (secondary N) is 1. The van der Waals surface area contributed by atoms with E-state index >= 15 is 0 Å². The molecule has 1 fully saturated rings. The van der Waals surface area contributed by atoms with Gasteiger partial charge in [-0.1, -0.05) is 0 Å². The molecule has 1 rings (SSSR count). The highest BCUT2D eigenvalue weighted by Gasteiger charge is 2.26. The lowest BCUT2D eigenvalue weighted by Gasteiger charge is -2.11. The van der Waals surface area contributed by atoms with Crippen molar-refractivity contribution >= 4 is 11.9 Å². The van der Waals surface area contributed by atoms with Gasteiger partial charge in [0.05, 0.1) is 0 Å². The van der Waals surface area contributed by atoms with Crippen LogP contribution in [0.3, 0.4) is 0 Å². The summed E-state index contributed by atoms with van der Waals surface area (Å²) in [5.41, 5.74) is 0. The van der Waals surface area contributed by atoms with E-state index in [-0.39, 0.29) is 24.0 Å². The predicted octanol–water partition coefficient (Wildman–Crippen LogP) is 0.607. The first-order valence-electron chi connectivity index (χ1n) is 4.52. The highest BCUT2D eigenvalue weighted by molar-refractivity contribution is 5.73. The molecule has 4 heteroatoms. The van der Waals surface area contributed by atoms with Crippen molar-refractivity contribution in [2.75, 3.05) is 0 Å². The highest BCUT2D eigenvalue weighted by atomic mass is 16.5. The molecule has 74 valence electrons. The first kappa shape index (κ1) is 10.0. The molecule has 0 spiro atoms. The Bertz CT molecular complexity index is 193. The number of esters is 1. The van der Waals surface area contributed by atoms with E-state index in [0.717, 1.165) is 19.3 Å². The lowest BCUT2D eigenvalue weighted by molar-refractivity contribution is -0.145. The maximum atomic E-state index is 10.7. The summed E-state index contributed by atoms with van der Waals surface area (Å²) >= 11 is 0. The van der Waals surface area contributed by atoms with Crippen molar-refractivity contribution in [3.63, 3.8) is 0 Å². The average Bonchev–Trinajstić information content (AvgIpc) is 2.33. The Morgan fingerprint density at radius 2 is 2.00 bits per heavy atom. The van der Waals surface area contributed by atoms with Crippen LogP contribution in [0.2, 0.25) is 0 Å². The van der Waals surface area contributed by atoms with Gasteiger partial charge in [0.15, 0.2) is 0 Å². The van der Waals surface area contributed by atoms with Crippen molar-refractivity contribution in [3.8, 4) is 0 Å². The van der Waals surface area contributed by atoms with Gasteiger partial charge in [-0.25, -0.2) is 0 Å². The molecule has 4 nitrogen and oxygen atoms in total. The molecule has 1 aliphatic rings. The lowest BCUT2D eigenvalue weighted by Crippen LogP contribution is -2.31. The Morgan fingerprint density at radius 3 is 2.54 bits per heavy atom. The summed E-state index contributed by atoms with van der Waals surface area (Å²) in [6, 6.07) is 0.182. The minimum atomic E-state index is -0.242. The van der Waals surface area contributed by atoms with Crippen molar-refractivity contribution in [3.05, 3.63) is 0 Å². The van der Waals surface area contributed by atoms with Crippen LogP contribution in [0, 0.1) is 0 Å².